The van der Waals surface area contributed by atoms with E-state index in [1.54, 1.807) is 0 Å². The van der Waals surface area contributed by atoms with Crippen molar-refractivity contribution in [3.63, 3.8) is 0 Å². The average molecular weight is 236 g/mol. The molecule has 0 bridgehead atoms. The molecule has 0 spiro atoms. The third kappa shape index (κ3) is 3.32. The average Bonchev–Trinajstić information content (AvgIpc) is 2.74. The summed E-state index contributed by atoms with van der Waals surface area (Å²) >= 11 is 0. The number of carboxylic acids is 1. The summed E-state index contributed by atoms with van der Waals surface area (Å²) in [7, 11) is 0. The van der Waals surface area contributed by atoms with E-state index in [1.807, 2.05) is 6.20 Å². The highest BCUT2D eigenvalue weighted by Crippen LogP contribution is 2.34. The number of carboxylic acid groups (broad SMARTS) is 1. The van der Waals surface area contributed by atoms with E-state index in [2.05, 4.69) is 22.9 Å². The molecule has 1 aromatic rings. The second-order valence-electron chi connectivity index (χ2n) is 5.10. The number of nitrogens with zero attached hydrogens (tertiary/aromatic N) is 2. The molecular formula is C13H20N2O2. The van der Waals surface area contributed by atoms with Gasteiger partial charge in [0.05, 0.1) is 12.2 Å². The molecule has 2 rings (SSSR count). The van der Waals surface area contributed by atoms with Crippen molar-refractivity contribution in [3.8, 4) is 0 Å². The fourth-order valence-corrected chi connectivity index (χ4v) is 2.66. The highest BCUT2D eigenvalue weighted by molar-refractivity contribution is 5.66. The van der Waals surface area contributed by atoms with Crippen LogP contribution >= 0.6 is 0 Å². The van der Waals surface area contributed by atoms with E-state index in [4.69, 9.17) is 5.11 Å². The van der Waals surface area contributed by atoms with Gasteiger partial charge in [0.1, 0.15) is 0 Å². The first kappa shape index (κ1) is 12.1. The molecule has 0 saturated heterocycles. The summed E-state index contributed by atoms with van der Waals surface area (Å²) in [5.41, 5.74) is 1.21. The van der Waals surface area contributed by atoms with Crippen LogP contribution in [-0.2, 0) is 4.79 Å². The Balaban J connectivity index is 1.80. The Hall–Kier alpha value is -1.32. The summed E-state index contributed by atoms with van der Waals surface area (Å²) in [6, 6.07) is 0.518. The van der Waals surface area contributed by atoms with Crippen molar-refractivity contribution in [1.29, 1.82) is 0 Å². The van der Waals surface area contributed by atoms with Crippen LogP contribution in [0.15, 0.2) is 12.4 Å². The minimum Gasteiger partial charge on any atom is -0.481 e. The Morgan fingerprint density at radius 1 is 1.47 bits per heavy atom. The van der Waals surface area contributed by atoms with Crippen LogP contribution in [0.3, 0.4) is 0 Å². The van der Waals surface area contributed by atoms with E-state index in [9.17, 15) is 4.79 Å². The van der Waals surface area contributed by atoms with Crippen molar-refractivity contribution in [3.05, 3.63) is 18.0 Å². The van der Waals surface area contributed by atoms with Crippen molar-refractivity contribution in [2.75, 3.05) is 0 Å². The smallest absolute Gasteiger partial charge is 0.303 e. The summed E-state index contributed by atoms with van der Waals surface area (Å²) < 4.78 is 2.07. The molecule has 1 saturated carbocycles. The second kappa shape index (κ2) is 5.34. The van der Waals surface area contributed by atoms with Gasteiger partial charge < -0.3 is 5.11 Å². The molecule has 4 nitrogen and oxygen atoms in total. The lowest BCUT2D eigenvalue weighted by atomic mass is 9.83. The number of rotatable bonds is 4. The highest BCUT2D eigenvalue weighted by Gasteiger charge is 2.22. The number of hydrogen-bond acceptors (Lipinski definition) is 2. The molecule has 1 aliphatic carbocycles. The second-order valence-corrected chi connectivity index (χ2v) is 5.10. The molecule has 0 unspecified atom stereocenters. The lowest BCUT2D eigenvalue weighted by molar-refractivity contribution is -0.137. The minimum absolute atomic E-state index is 0.316. The molecule has 0 aliphatic heterocycles. The summed E-state index contributed by atoms with van der Waals surface area (Å²) in [6.45, 7) is 2.06. The lowest BCUT2D eigenvalue weighted by Crippen LogP contribution is -2.19. The quantitative estimate of drug-likeness (QED) is 0.874. The van der Waals surface area contributed by atoms with E-state index in [-0.39, 0.29) is 0 Å². The molecular weight excluding hydrogens is 216 g/mol. The number of aryl methyl sites for hydroxylation is 1. The molecule has 1 fully saturated rings. The number of carbonyl (C=O) groups is 1. The molecule has 4 heteroatoms. The topological polar surface area (TPSA) is 55.1 Å². The Morgan fingerprint density at radius 2 is 2.18 bits per heavy atom. The first-order chi connectivity index (χ1) is 8.15. The van der Waals surface area contributed by atoms with Gasteiger partial charge in [0.25, 0.3) is 0 Å². The van der Waals surface area contributed by atoms with Gasteiger partial charge >= 0.3 is 5.97 Å². The number of aromatic nitrogens is 2. The monoisotopic (exact) mass is 236 g/mol. The van der Waals surface area contributed by atoms with Gasteiger partial charge in [-0.3, -0.25) is 9.48 Å². The van der Waals surface area contributed by atoms with Crippen LogP contribution in [0.2, 0.25) is 0 Å². The zero-order valence-corrected chi connectivity index (χ0v) is 10.3. The van der Waals surface area contributed by atoms with Crippen LogP contribution in [-0.4, -0.2) is 20.9 Å². The molecule has 0 atom stereocenters. The molecule has 1 heterocycles. The van der Waals surface area contributed by atoms with Gasteiger partial charge in [-0.2, -0.15) is 5.10 Å². The molecule has 0 aromatic carbocycles. The predicted octanol–water partition coefficient (Wildman–Crippen LogP) is 2.79. The number of hydrogen-bond donors (Lipinski definition) is 1. The van der Waals surface area contributed by atoms with Gasteiger partial charge in [0, 0.05) is 12.6 Å². The van der Waals surface area contributed by atoms with Gasteiger partial charge in [0.2, 0.25) is 0 Å². The third-order valence-electron chi connectivity index (χ3n) is 3.69. The van der Waals surface area contributed by atoms with Crippen molar-refractivity contribution in [2.24, 2.45) is 5.92 Å². The zero-order valence-electron chi connectivity index (χ0n) is 10.3. The van der Waals surface area contributed by atoms with Gasteiger partial charge in [-0.05, 0) is 50.5 Å². The molecule has 1 N–H and O–H groups in total. The van der Waals surface area contributed by atoms with Crippen molar-refractivity contribution >= 4 is 5.97 Å². The zero-order chi connectivity index (χ0) is 12.3. The van der Waals surface area contributed by atoms with Crippen molar-refractivity contribution < 1.29 is 9.90 Å². The van der Waals surface area contributed by atoms with Crippen molar-refractivity contribution in [2.45, 2.75) is 51.5 Å². The van der Waals surface area contributed by atoms with Crippen LogP contribution in [0.4, 0.5) is 0 Å². The Labute approximate surface area is 102 Å². The Bertz CT molecular complexity index is 379. The molecule has 0 amide bonds. The van der Waals surface area contributed by atoms with Gasteiger partial charge in [-0.25, -0.2) is 0 Å². The summed E-state index contributed by atoms with van der Waals surface area (Å²) in [6.07, 6.45) is 9.68. The first-order valence-corrected chi connectivity index (χ1v) is 6.37. The standard InChI is InChI=1S/C13H20N2O2/c1-10-8-14-15(9-10)12-5-2-11(3-6-12)4-7-13(16)17/h8-9,11-12H,2-7H2,1H3,(H,16,17). The lowest BCUT2D eigenvalue weighted by Gasteiger charge is -2.28. The predicted molar refractivity (Wildman–Crippen MR) is 64.8 cm³/mol. The van der Waals surface area contributed by atoms with Crippen LogP contribution in [0.1, 0.15) is 50.1 Å². The molecule has 17 heavy (non-hydrogen) atoms. The minimum atomic E-state index is -0.671. The van der Waals surface area contributed by atoms with E-state index in [1.165, 1.54) is 5.56 Å². The molecule has 0 radical (unpaired) electrons. The first-order valence-electron chi connectivity index (χ1n) is 6.37. The van der Waals surface area contributed by atoms with E-state index < -0.39 is 5.97 Å². The maximum absolute atomic E-state index is 10.5. The van der Waals surface area contributed by atoms with Gasteiger partial charge in [0.15, 0.2) is 0 Å². The molecule has 94 valence electrons. The van der Waals surface area contributed by atoms with Crippen LogP contribution in [0, 0.1) is 12.8 Å². The van der Waals surface area contributed by atoms with Crippen LogP contribution in [0.5, 0.6) is 0 Å². The Morgan fingerprint density at radius 3 is 2.71 bits per heavy atom. The molecule has 1 aliphatic rings. The van der Waals surface area contributed by atoms with Crippen molar-refractivity contribution in [1.82, 2.24) is 9.78 Å². The fourth-order valence-electron chi connectivity index (χ4n) is 2.66. The SMILES string of the molecule is Cc1cnn(C2CCC(CCC(=O)O)CC2)c1. The summed E-state index contributed by atoms with van der Waals surface area (Å²) in [4.78, 5) is 10.5. The van der Waals surface area contributed by atoms with E-state index >= 15 is 0 Å². The maximum atomic E-state index is 10.5. The highest BCUT2D eigenvalue weighted by atomic mass is 16.4. The normalized spacial score (nSPS) is 24.8. The van der Waals surface area contributed by atoms with E-state index in [0.717, 1.165) is 32.1 Å². The van der Waals surface area contributed by atoms with Crippen LogP contribution in [0.25, 0.3) is 0 Å². The summed E-state index contributed by atoms with van der Waals surface area (Å²) in [5, 5.41) is 13.0. The Kier molecular flexibility index (Phi) is 3.82. The number of aliphatic carboxylic acids is 1. The fraction of sp³-hybridized carbons (Fsp3) is 0.692. The summed E-state index contributed by atoms with van der Waals surface area (Å²) in [5.74, 6) is -0.0752. The van der Waals surface area contributed by atoms with Gasteiger partial charge in [-0.15, -0.1) is 0 Å². The van der Waals surface area contributed by atoms with E-state index in [0.29, 0.717) is 18.4 Å². The third-order valence-corrected chi connectivity index (χ3v) is 3.69. The van der Waals surface area contributed by atoms with Crippen LogP contribution < -0.4 is 0 Å². The maximum Gasteiger partial charge on any atom is 0.303 e. The molecule has 1 aromatic heterocycles. The largest absolute Gasteiger partial charge is 0.481 e. The van der Waals surface area contributed by atoms with Gasteiger partial charge in [-0.1, -0.05) is 0 Å².